The van der Waals surface area contributed by atoms with Crippen LogP contribution in [0.25, 0.3) is 22.0 Å². The Morgan fingerprint density at radius 1 is 1.00 bits per heavy atom. The molecule has 5 heterocycles. The van der Waals surface area contributed by atoms with Crippen LogP contribution in [0.1, 0.15) is 32.7 Å². The molecule has 0 bridgehead atoms. The van der Waals surface area contributed by atoms with E-state index >= 15 is 0 Å². The van der Waals surface area contributed by atoms with Crippen LogP contribution < -0.4 is 9.64 Å². The maximum atomic E-state index is 14.4. The number of pyridine rings is 1. The van der Waals surface area contributed by atoms with Crippen molar-refractivity contribution in [1.82, 2.24) is 29.2 Å². The fourth-order valence-electron chi connectivity index (χ4n) is 6.47. The number of anilines is 1. The van der Waals surface area contributed by atoms with E-state index in [9.17, 15) is 18.0 Å². The Morgan fingerprint density at radius 3 is 2.54 bits per heavy atom. The average molecular weight is 632 g/mol. The highest BCUT2D eigenvalue weighted by Crippen LogP contribution is 2.41. The van der Waals surface area contributed by atoms with Crippen molar-refractivity contribution in [3.05, 3.63) is 89.4 Å². The molecule has 0 atom stereocenters. The minimum atomic E-state index is -4.66. The van der Waals surface area contributed by atoms with Crippen molar-refractivity contribution < 1.29 is 27.4 Å². The van der Waals surface area contributed by atoms with Gasteiger partial charge in [-0.05, 0) is 59.0 Å². The number of fused-ring (bicyclic) bond motifs is 2. The molecule has 0 unspecified atom stereocenters. The number of halogens is 3. The number of imidazole rings is 1. The molecule has 238 valence electrons. The summed E-state index contributed by atoms with van der Waals surface area (Å²) >= 11 is 0. The zero-order valence-electron chi connectivity index (χ0n) is 25.4. The fraction of sp³-hybridized carbons (Fsp3) is 0.333. The van der Waals surface area contributed by atoms with Crippen molar-refractivity contribution in [3.63, 3.8) is 0 Å². The first-order valence-corrected chi connectivity index (χ1v) is 15.0. The molecule has 0 N–H and O–H groups in total. The number of ether oxygens (including phenoxy) is 2. The van der Waals surface area contributed by atoms with Crippen molar-refractivity contribution in [3.8, 4) is 16.9 Å². The number of aryl methyl sites for hydroxylation is 1. The molecule has 2 aliphatic heterocycles. The van der Waals surface area contributed by atoms with Crippen LogP contribution in [0.3, 0.4) is 0 Å². The number of methoxy groups -OCH3 is 1. The summed E-state index contributed by atoms with van der Waals surface area (Å²) in [5.74, 6) is 0.355. The number of rotatable bonds is 7. The Bertz CT molecular complexity index is 1910. The zero-order chi connectivity index (χ0) is 32.0. The number of benzene rings is 2. The zero-order valence-corrected chi connectivity index (χ0v) is 25.4. The third-order valence-corrected chi connectivity index (χ3v) is 8.58. The first-order valence-electron chi connectivity index (χ1n) is 15.0. The second kappa shape index (κ2) is 11.9. The monoisotopic (exact) mass is 631 g/mol. The van der Waals surface area contributed by atoms with E-state index in [-0.39, 0.29) is 18.0 Å². The van der Waals surface area contributed by atoms with Crippen LogP contribution >= 0.6 is 0 Å². The number of amides is 1. The molecule has 7 rings (SSSR count). The van der Waals surface area contributed by atoms with Gasteiger partial charge in [-0.15, -0.1) is 0 Å². The smallest absolute Gasteiger partial charge is 0.435 e. The first kappa shape index (κ1) is 29.9. The number of morpholine rings is 1. The number of hydrogen-bond donors (Lipinski definition) is 0. The van der Waals surface area contributed by atoms with Gasteiger partial charge in [-0.25, -0.2) is 4.98 Å². The Kier molecular flexibility index (Phi) is 7.73. The van der Waals surface area contributed by atoms with E-state index < -0.39 is 11.9 Å². The summed E-state index contributed by atoms with van der Waals surface area (Å²) in [6.45, 7) is 4.18. The minimum absolute atomic E-state index is 0.0492. The molecule has 1 fully saturated rings. The summed E-state index contributed by atoms with van der Waals surface area (Å²) in [6.07, 6.45) is 3.78. The summed E-state index contributed by atoms with van der Waals surface area (Å²) < 4.78 is 56.6. The number of carbonyl (C=O) groups excluding carboxylic acids is 1. The van der Waals surface area contributed by atoms with Gasteiger partial charge in [0.1, 0.15) is 5.75 Å². The van der Waals surface area contributed by atoms with E-state index in [1.165, 1.54) is 13.2 Å². The van der Waals surface area contributed by atoms with Crippen LogP contribution in [-0.2, 0) is 37.5 Å². The summed E-state index contributed by atoms with van der Waals surface area (Å²) in [7, 11) is 3.07. The van der Waals surface area contributed by atoms with Gasteiger partial charge in [-0.2, -0.15) is 18.3 Å². The lowest BCUT2D eigenvalue weighted by atomic mass is 9.87. The van der Waals surface area contributed by atoms with E-state index in [1.807, 2.05) is 22.8 Å². The number of hydrogen-bond acceptors (Lipinski definition) is 7. The third kappa shape index (κ3) is 5.60. The van der Waals surface area contributed by atoms with Crippen molar-refractivity contribution in [2.75, 3.05) is 44.9 Å². The van der Waals surface area contributed by atoms with Gasteiger partial charge in [-0.1, -0.05) is 0 Å². The molecule has 3 aromatic heterocycles. The highest BCUT2D eigenvalue weighted by atomic mass is 19.4. The Labute approximate surface area is 263 Å². The Hall–Kier alpha value is -4.75. The van der Waals surface area contributed by atoms with Gasteiger partial charge in [0.25, 0.3) is 5.91 Å². The first-order chi connectivity index (χ1) is 22.2. The van der Waals surface area contributed by atoms with Gasteiger partial charge in [0, 0.05) is 81.1 Å². The maximum absolute atomic E-state index is 14.4. The summed E-state index contributed by atoms with van der Waals surface area (Å²) in [5, 5.41) is 4.51. The van der Waals surface area contributed by atoms with Crippen LogP contribution in [0.2, 0.25) is 0 Å². The third-order valence-electron chi connectivity index (χ3n) is 8.58. The minimum Gasteiger partial charge on any atom is -0.497 e. The summed E-state index contributed by atoms with van der Waals surface area (Å²) in [5.41, 5.74) is 3.34. The van der Waals surface area contributed by atoms with Gasteiger partial charge in [0.2, 0.25) is 0 Å². The standard InChI is InChI=1S/C33H32F3N7O3/c1-40-19-28(31(39-40)33(34,35)36)25-13-21(17-42-8-6-37-20-42)14-26-24(25)4-7-43(32(26)44)29-3-5-38-30-22(15-23(45-2)16-27(29)30)18-41-9-11-46-12-10-41/h3,5-6,8,13-16,19-20H,4,7,9-12,17-18H2,1-2H3. The van der Waals surface area contributed by atoms with E-state index in [0.717, 1.165) is 34.2 Å². The van der Waals surface area contributed by atoms with Crippen LogP contribution in [0.5, 0.6) is 5.75 Å². The molecular weight excluding hydrogens is 599 g/mol. The van der Waals surface area contributed by atoms with Crippen molar-refractivity contribution >= 4 is 22.5 Å². The second-order valence-electron chi connectivity index (χ2n) is 11.6. The van der Waals surface area contributed by atoms with Crippen molar-refractivity contribution in [2.45, 2.75) is 25.7 Å². The van der Waals surface area contributed by atoms with E-state index in [4.69, 9.17) is 14.5 Å². The van der Waals surface area contributed by atoms with Crippen LogP contribution in [-0.4, -0.2) is 75.1 Å². The highest BCUT2D eigenvalue weighted by molar-refractivity contribution is 6.13. The molecule has 0 spiro atoms. The van der Waals surface area contributed by atoms with Crippen molar-refractivity contribution in [2.24, 2.45) is 7.05 Å². The number of alkyl halides is 3. The Balaban J connectivity index is 1.34. The number of aromatic nitrogens is 5. The van der Waals surface area contributed by atoms with E-state index in [2.05, 4.69) is 15.0 Å². The van der Waals surface area contributed by atoms with Gasteiger partial charge in [0.15, 0.2) is 5.69 Å². The molecule has 0 radical (unpaired) electrons. The van der Waals surface area contributed by atoms with Crippen LogP contribution in [0.15, 0.2) is 61.4 Å². The molecule has 46 heavy (non-hydrogen) atoms. The number of carbonyl (C=O) groups is 1. The number of nitrogens with zero attached hydrogens (tertiary/aromatic N) is 7. The molecular formula is C33H32F3N7O3. The molecule has 1 amide bonds. The summed E-state index contributed by atoms with van der Waals surface area (Å²) in [6, 6.07) is 9.18. The quantitative estimate of drug-likeness (QED) is 0.251. The predicted molar refractivity (Wildman–Crippen MR) is 165 cm³/mol. The molecule has 2 aromatic carbocycles. The van der Waals surface area contributed by atoms with Gasteiger partial charge < -0.3 is 18.9 Å². The predicted octanol–water partition coefficient (Wildman–Crippen LogP) is 4.94. The van der Waals surface area contributed by atoms with Gasteiger partial charge in [0.05, 0.1) is 37.9 Å². The summed E-state index contributed by atoms with van der Waals surface area (Å²) in [4.78, 5) is 27.2. The van der Waals surface area contributed by atoms with Crippen LogP contribution in [0, 0.1) is 0 Å². The molecule has 0 saturated carbocycles. The van der Waals surface area contributed by atoms with Gasteiger partial charge >= 0.3 is 6.18 Å². The SMILES string of the molecule is COc1cc(CN2CCOCC2)c2nccc(N3CCc4c(cc(Cn5ccnc5)cc4-c4cn(C)nc4C(F)(F)F)C3=O)c2c1. The molecule has 5 aromatic rings. The van der Waals surface area contributed by atoms with Crippen molar-refractivity contribution in [1.29, 1.82) is 0 Å². The lowest BCUT2D eigenvalue weighted by Gasteiger charge is -2.32. The van der Waals surface area contributed by atoms with Crippen LogP contribution in [0.4, 0.5) is 18.9 Å². The van der Waals surface area contributed by atoms with E-state index in [1.54, 1.807) is 49.1 Å². The van der Waals surface area contributed by atoms with Gasteiger partial charge in [-0.3, -0.25) is 19.4 Å². The fourth-order valence-corrected chi connectivity index (χ4v) is 6.47. The molecule has 10 nitrogen and oxygen atoms in total. The lowest BCUT2D eigenvalue weighted by molar-refractivity contribution is -0.140. The molecule has 2 aliphatic rings. The largest absolute Gasteiger partial charge is 0.497 e. The molecule has 1 saturated heterocycles. The Morgan fingerprint density at radius 2 is 1.80 bits per heavy atom. The highest BCUT2D eigenvalue weighted by Gasteiger charge is 2.39. The topological polar surface area (TPSA) is 90.5 Å². The normalized spacial score (nSPS) is 15.8. The second-order valence-corrected chi connectivity index (χ2v) is 11.6. The maximum Gasteiger partial charge on any atom is 0.435 e. The molecule has 13 heteroatoms. The lowest BCUT2D eigenvalue weighted by Crippen LogP contribution is -2.38. The van der Waals surface area contributed by atoms with E-state index in [0.29, 0.717) is 66.4 Å². The molecule has 0 aliphatic carbocycles. The average Bonchev–Trinajstić information content (AvgIpc) is 3.71.